The van der Waals surface area contributed by atoms with Gasteiger partial charge in [0.2, 0.25) is 11.8 Å². The van der Waals surface area contributed by atoms with Gasteiger partial charge in [0.15, 0.2) is 0 Å². The van der Waals surface area contributed by atoms with E-state index >= 15 is 0 Å². The zero-order valence-electron chi connectivity index (χ0n) is 9.99. The molecule has 16 heavy (non-hydrogen) atoms. The molecule has 5 nitrogen and oxygen atoms in total. The second-order valence-electron chi connectivity index (χ2n) is 3.74. The van der Waals surface area contributed by atoms with Crippen molar-refractivity contribution in [2.24, 2.45) is 0 Å². The molecule has 2 amide bonds. The Morgan fingerprint density at radius 2 is 2.19 bits per heavy atom. The van der Waals surface area contributed by atoms with Crippen molar-refractivity contribution in [3.05, 3.63) is 0 Å². The van der Waals surface area contributed by atoms with E-state index in [0.717, 1.165) is 6.42 Å². The van der Waals surface area contributed by atoms with Crippen LogP contribution >= 0.6 is 0 Å². The maximum absolute atomic E-state index is 11.7. The molecule has 1 aliphatic rings. The second kappa shape index (κ2) is 6.60. The summed E-state index contributed by atoms with van der Waals surface area (Å²) in [6.07, 6.45) is 1.15. The van der Waals surface area contributed by atoms with Gasteiger partial charge in [0, 0.05) is 19.8 Å². The van der Waals surface area contributed by atoms with Crippen LogP contribution in [0.15, 0.2) is 0 Å². The van der Waals surface area contributed by atoms with Gasteiger partial charge in [-0.05, 0) is 26.8 Å². The number of hydrogen-bond acceptors (Lipinski definition) is 4. The van der Waals surface area contributed by atoms with Crippen LogP contribution in [0.25, 0.3) is 0 Å². The first-order chi connectivity index (χ1) is 7.70. The van der Waals surface area contributed by atoms with E-state index in [0.29, 0.717) is 32.7 Å². The first-order valence-corrected chi connectivity index (χ1v) is 5.86. The molecule has 0 radical (unpaired) electrons. The summed E-state index contributed by atoms with van der Waals surface area (Å²) in [5.41, 5.74) is 0. The highest BCUT2D eigenvalue weighted by molar-refractivity contribution is 6.05. The van der Waals surface area contributed by atoms with Crippen molar-refractivity contribution < 1.29 is 14.3 Å². The molecule has 1 heterocycles. The number of nitrogens with one attached hydrogen (secondary N) is 1. The second-order valence-corrected chi connectivity index (χ2v) is 3.74. The van der Waals surface area contributed by atoms with Crippen LogP contribution in [-0.2, 0) is 14.3 Å². The number of likely N-dealkylation sites (N-methyl/N-ethyl adjacent to an activating group) is 1. The fourth-order valence-corrected chi connectivity index (χ4v) is 1.77. The molecule has 1 saturated heterocycles. The van der Waals surface area contributed by atoms with Crippen molar-refractivity contribution in [3.63, 3.8) is 0 Å². The predicted octanol–water partition coefficient (Wildman–Crippen LogP) is 0.150. The lowest BCUT2D eigenvalue weighted by atomic mass is 10.2. The lowest BCUT2D eigenvalue weighted by Gasteiger charge is -2.12. The van der Waals surface area contributed by atoms with Crippen molar-refractivity contribution in [1.29, 1.82) is 0 Å². The third-order valence-corrected chi connectivity index (χ3v) is 2.62. The highest BCUT2D eigenvalue weighted by atomic mass is 16.5. The summed E-state index contributed by atoms with van der Waals surface area (Å²) < 4.78 is 5.19. The molecule has 1 fully saturated rings. The topological polar surface area (TPSA) is 58.6 Å². The van der Waals surface area contributed by atoms with E-state index in [1.54, 1.807) is 0 Å². The molecule has 0 saturated carbocycles. The molecule has 92 valence electrons. The first-order valence-electron chi connectivity index (χ1n) is 5.86. The van der Waals surface area contributed by atoms with Crippen LogP contribution in [0.4, 0.5) is 0 Å². The Morgan fingerprint density at radius 1 is 1.44 bits per heavy atom. The Labute approximate surface area is 96.1 Å². The summed E-state index contributed by atoms with van der Waals surface area (Å²) in [6.45, 7) is 6.34. The molecule has 0 bridgehead atoms. The number of nitrogens with zero attached hydrogens (tertiary/aromatic N) is 1. The third-order valence-electron chi connectivity index (χ3n) is 2.62. The molecule has 1 aliphatic heterocycles. The summed E-state index contributed by atoms with van der Waals surface area (Å²) in [4.78, 5) is 24.4. The number of amides is 2. The van der Waals surface area contributed by atoms with Gasteiger partial charge in [0.25, 0.3) is 0 Å². The van der Waals surface area contributed by atoms with Crippen LogP contribution in [0.3, 0.4) is 0 Å². The maximum Gasteiger partial charge on any atom is 0.246 e. The first kappa shape index (κ1) is 13.1. The number of carbonyl (C=O) groups is 2. The average molecular weight is 228 g/mol. The molecule has 0 aliphatic carbocycles. The normalized spacial score (nSPS) is 20.9. The minimum Gasteiger partial charge on any atom is -0.382 e. The van der Waals surface area contributed by atoms with Gasteiger partial charge in [-0.1, -0.05) is 0 Å². The molecule has 1 N–H and O–H groups in total. The number of carbonyl (C=O) groups excluding carboxylic acids is 2. The fraction of sp³-hybridized carbons (Fsp3) is 0.818. The van der Waals surface area contributed by atoms with Gasteiger partial charge in [0.05, 0.1) is 12.5 Å². The van der Waals surface area contributed by atoms with Crippen LogP contribution < -0.4 is 5.32 Å². The molecule has 1 rings (SSSR count). The number of hydrogen-bond donors (Lipinski definition) is 1. The van der Waals surface area contributed by atoms with Gasteiger partial charge in [-0.15, -0.1) is 0 Å². The van der Waals surface area contributed by atoms with E-state index in [9.17, 15) is 9.59 Å². The van der Waals surface area contributed by atoms with Crippen molar-refractivity contribution >= 4 is 11.8 Å². The van der Waals surface area contributed by atoms with Gasteiger partial charge in [-0.3, -0.25) is 14.5 Å². The van der Waals surface area contributed by atoms with E-state index in [1.807, 2.05) is 13.8 Å². The smallest absolute Gasteiger partial charge is 0.246 e. The Balaban J connectivity index is 2.23. The predicted molar refractivity (Wildman–Crippen MR) is 59.9 cm³/mol. The summed E-state index contributed by atoms with van der Waals surface area (Å²) >= 11 is 0. The molecule has 5 heteroatoms. The van der Waals surface area contributed by atoms with Crippen LogP contribution in [0, 0.1) is 0 Å². The Morgan fingerprint density at radius 3 is 2.75 bits per heavy atom. The van der Waals surface area contributed by atoms with E-state index in [1.165, 1.54) is 4.90 Å². The minimum atomic E-state index is -0.325. The number of imide groups is 1. The van der Waals surface area contributed by atoms with Gasteiger partial charge in [0.1, 0.15) is 0 Å². The highest BCUT2D eigenvalue weighted by Crippen LogP contribution is 2.12. The van der Waals surface area contributed by atoms with Crippen LogP contribution in [-0.4, -0.2) is 49.1 Å². The number of rotatable bonds is 7. The van der Waals surface area contributed by atoms with E-state index in [4.69, 9.17) is 4.74 Å². The van der Waals surface area contributed by atoms with E-state index in [2.05, 4.69) is 5.32 Å². The van der Waals surface area contributed by atoms with Crippen molar-refractivity contribution in [2.45, 2.75) is 32.7 Å². The Kier molecular flexibility index (Phi) is 5.42. The zero-order chi connectivity index (χ0) is 12.0. The molecule has 1 unspecified atom stereocenters. The number of ether oxygens (including phenoxy) is 1. The fourth-order valence-electron chi connectivity index (χ4n) is 1.77. The standard InChI is InChI=1S/C11H20N2O3/c1-3-13-10(14)8-9(11(13)15)12-6-5-7-16-4-2/h9,12H,3-8H2,1-2H3. The molecule has 0 aromatic rings. The van der Waals surface area contributed by atoms with Gasteiger partial charge < -0.3 is 10.1 Å². The Hall–Kier alpha value is -0.940. The largest absolute Gasteiger partial charge is 0.382 e. The monoisotopic (exact) mass is 228 g/mol. The molecular formula is C11H20N2O3. The summed E-state index contributed by atoms with van der Waals surface area (Å²) in [7, 11) is 0. The molecular weight excluding hydrogens is 208 g/mol. The lowest BCUT2D eigenvalue weighted by molar-refractivity contribution is -0.138. The molecule has 0 spiro atoms. The van der Waals surface area contributed by atoms with E-state index < -0.39 is 0 Å². The molecule has 0 aromatic carbocycles. The van der Waals surface area contributed by atoms with Gasteiger partial charge in [-0.2, -0.15) is 0 Å². The number of likely N-dealkylation sites (tertiary alicyclic amines) is 1. The summed E-state index contributed by atoms with van der Waals surface area (Å²) in [5, 5.41) is 3.09. The SMILES string of the molecule is CCOCCCNC1CC(=O)N(CC)C1=O. The Bertz CT molecular complexity index is 256. The average Bonchev–Trinajstić information content (AvgIpc) is 2.53. The maximum atomic E-state index is 11.7. The van der Waals surface area contributed by atoms with Gasteiger partial charge in [-0.25, -0.2) is 0 Å². The summed E-state index contributed by atoms with van der Waals surface area (Å²) in [6, 6.07) is -0.325. The highest BCUT2D eigenvalue weighted by Gasteiger charge is 2.36. The van der Waals surface area contributed by atoms with Crippen molar-refractivity contribution in [3.8, 4) is 0 Å². The molecule has 0 aromatic heterocycles. The minimum absolute atomic E-state index is 0.0743. The summed E-state index contributed by atoms with van der Waals surface area (Å²) in [5.74, 6) is -0.168. The third kappa shape index (κ3) is 3.28. The lowest BCUT2D eigenvalue weighted by Crippen LogP contribution is -2.39. The van der Waals surface area contributed by atoms with Gasteiger partial charge >= 0.3 is 0 Å². The quantitative estimate of drug-likeness (QED) is 0.498. The van der Waals surface area contributed by atoms with Crippen molar-refractivity contribution in [1.82, 2.24) is 10.2 Å². The zero-order valence-corrected chi connectivity index (χ0v) is 9.99. The van der Waals surface area contributed by atoms with Crippen LogP contribution in [0.1, 0.15) is 26.7 Å². The van der Waals surface area contributed by atoms with E-state index in [-0.39, 0.29) is 17.9 Å². The molecule has 1 atom stereocenters. The van der Waals surface area contributed by atoms with Crippen LogP contribution in [0.2, 0.25) is 0 Å². The van der Waals surface area contributed by atoms with Crippen LogP contribution in [0.5, 0.6) is 0 Å². The van der Waals surface area contributed by atoms with Crippen molar-refractivity contribution in [2.75, 3.05) is 26.3 Å².